The van der Waals surface area contributed by atoms with Gasteiger partial charge < -0.3 is 15.4 Å². The van der Waals surface area contributed by atoms with E-state index < -0.39 is 0 Å². The predicted molar refractivity (Wildman–Crippen MR) is 85.3 cm³/mol. The molecule has 0 bridgehead atoms. The van der Waals surface area contributed by atoms with Gasteiger partial charge in [0.25, 0.3) is 0 Å². The molecule has 20 heavy (non-hydrogen) atoms. The van der Waals surface area contributed by atoms with Crippen LogP contribution in [0.15, 0.2) is 29.3 Å². The zero-order valence-electron chi connectivity index (χ0n) is 13.3. The van der Waals surface area contributed by atoms with Gasteiger partial charge in [-0.2, -0.15) is 0 Å². The topological polar surface area (TPSA) is 45.6 Å². The van der Waals surface area contributed by atoms with E-state index in [-0.39, 0.29) is 5.54 Å². The van der Waals surface area contributed by atoms with Crippen LogP contribution in [0, 0.1) is 0 Å². The molecular formula is C16H27N3O. The maximum absolute atomic E-state index is 5.64. The van der Waals surface area contributed by atoms with Gasteiger partial charge in [-0.1, -0.05) is 19.1 Å². The second-order valence-electron chi connectivity index (χ2n) is 5.80. The summed E-state index contributed by atoms with van der Waals surface area (Å²) in [5.41, 5.74) is 1.17. The molecule has 112 valence electrons. The summed E-state index contributed by atoms with van der Waals surface area (Å²) in [7, 11) is 1.78. The third-order valence-electron chi connectivity index (χ3n) is 2.55. The van der Waals surface area contributed by atoms with Gasteiger partial charge >= 0.3 is 0 Å². The van der Waals surface area contributed by atoms with Crippen molar-refractivity contribution < 1.29 is 4.74 Å². The molecule has 0 saturated carbocycles. The Balaban J connectivity index is 2.56. The molecule has 0 aliphatic rings. The number of benzene rings is 1. The zero-order chi connectivity index (χ0) is 15.0. The van der Waals surface area contributed by atoms with E-state index >= 15 is 0 Å². The van der Waals surface area contributed by atoms with Crippen LogP contribution in [0.2, 0.25) is 0 Å². The summed E-state index contributed by atoms with van der Waals surface area (Å²) in [5, 5.41) is 6.64. The highest BCUT2D eigenvalue weighted by Crippen LogP contribution is 2.13. The third-order valence-corrected chi connectivity index (χ3v) is 2.55. The number of hydrogen-bond donors (Lipinski definition) is 2. The molecule has 1 aromatic carbocycles. The van der Waals surface area contributed by atoms with E-state index in [1.807, 2.05) is 12.1 Å². The van der Waals surface area contributed by atoms with Gasteiger partial charge in [0.05, 0.1) is 6.61 Å². The van der Waals surface area contributed by atoms with Crippen LogP contribution in [0.5, 0.6) is 5.75 Å². The van der Waals surface area contributed by atoms with E-state index in [1.165, 1.54) is 5.56 Å². The minimum atomic E-state index is -0.00602. The standard InChI is InChI=1S/C16H27N3O/c1-6-10-20-14-9-7-8-13(11-14)12-18-15(17-5)19-16(2,3)4/h7-9,11H,6,10,12H2,1-5H3,(H2,17,18,19). The lowest BCUT2D eigenvalue weighted by Gasteiger charge is -2.23. The Labute approximate surface area is 122 Å². The van der Waals surface area contributed by atoms with Crippen LogP contribution >= 0.6 is 0 Å². The highest BCUT2D eigenvalue weighted by atomic mass is 16.5. The van der Waals surface area contributed by atoms with E-state index in [0.717, 1.165) is 31.3 Å². The Morgan fingerprint density at radius 2 is 2.05 bits per heavy atom. The second kappa shape index (κ2) is 7.78. The van der Waals surface area contributed by atoms with Crippen LogP contribution in [0.3, 0.4) is 0 Å². The molecule has 0 saturated heterocycles. The number of nitrogens with one attached hydrogen (secondary N) is 2. The summed E-state index contributed by atoms with van der Waals surface area (Å²) < 4.78 is 5.64. The minimum Gasteiger partial charge on any atom is -0.494 e. The van der Waals surface area contributed by atoms with Crippen molar-refractivity contribution in [2.75, 3.05) is 13.7 Å². The first-order chi connectivity index (χ1) is 9.44. The molecule has 0 aliphatic carbocycles. The molecule has 2 N–H and O–H groups in total. The smallest absolute Gasteiger partial charge is 0.191 e. The molecule has 0 fully saturated rings. The van der Waals surface area contributed by atoms with Gasteiger partial charge in [-0.3, -0.25) is 4.99 Å². The molecule has 1 aromatic rings. The fourth-order valence-electron chi connectivity index (χ4n) is 1.69. The van der Waals surface area contributed by atoms with E-state index in [0.29, 0.717) is 0 Å². The Morgan fingerprint density at radius 3 is 2.65 bits per heavy atom. The molecule has 0 spiro atoms. The molecule has 0 atom stereocenters. The number of nitrogens with zero attached hydrogens (tertiary/aromatic N) is 1. The molecular weight excluding hydrogens is 250 g/mol. The van der Waals surface area contributed by atoms with Crippen LogP contribution in [-0.2, 0) is 6.54 Å². The van der Waals surface area contributed by atoms with Crippen molar-refractivity contribution >= 4 is 5.96 Å². The lowest BCUT2D eigenvalue weighted by Crippen LogP contribution is -2.47. The first kappa shape index (κ1) is 16.3. The van der Waals surface area contributed by atoms with Gasteiger partial charge in [0.15, 0.2) is 5.96 Å². The largest absolute Gasteiger partial charge is 0.494 e. The number of hydrogen-bond acceptors (Lipinski definition) is 2. The summed E-state index contributed by atoms with van der Waals surface area (Å²) in [5.74, 6) is 1.72. The Hall–Kier alpha value is -1.71. The second-order valence-corrected chi connectivity index (χ2v) is 5.80. The van der Waals surface area contributed by atoms with Crippen molar-refractivity contribution in [3.05, 3.63) is 29.8 Å². The van der Waals surface area contributed by atoms with Crippen molar-refractivity contribution in [2.45, 2.75) is 46.2 Å². The number of guanidine groups is 1. The molecule has 0 aromatic heterocycles. The van der Waals surface area contributed by atoms with Crippen molar-refractivity contribution in [1.29, 1.82) is 0 Å². The maximum atomic E-state index is 5.64. The quantitative estimate of drug-likeness (QED) is 0.642. The molecule has 0 amide bonds. The molecule has 0 heterocycles. The van der Waals surface area contributed by atoms with Crippen LogP contribution in [0.25, 0.3) is 0 Å². The van der Waals surface area contributed by atoms with Crippen molar-refractivity contribution in [1.82, 2.24) is 10.6 Å². The van der Waals surface area contributed by atoms with Gasteiger partial charge in [-0.25, -0.2) is 0 Å². The summed E-state index contributed by atoms with van der Waals surface area (Å²) in [6.07, 6.45) is 1.02. The summed E-state index contributed by atoms with van der Waals surface area (Å²) in [4.78, 5) is 4.22. The normalized spacial score (nSPS) is 12.2. The fraction of sp³-hybridized carbons (Fsp3) is 0.562. The predicted octanol–water partition coefficient (Wildman–Crippen LogP) is 2.94. The van der Waals surface area contributed by atoms with E-state index in [2.05, 4.69) is 55.5 Å². The van der Waals surface area contributed by atoms with Crippen LogP contribution in [0.4, 0.5) is 0 Å². The Kier molecular flexibility index (Phi) is 6.36. The molecule has 0 radical (unpaired) electrons. The van der Waals surface area contributed by atoms with Gasteiger partial charge in [0, 0.05) is 19.1 Å². The molecule has 0 unspecified atom stereocenters. The van der Waals surface area contributed by atoms with Crippen LogP contribution in [0.1, 0.15) is 39.7 Å². The third kappa shape index (κ3) is 6.45. The first-order valence-electron chi connectivity index (χ1n) is 7.15. The highest BCUT2D eigenvalue weighted by molar-refractivity contribution is 5.80. The van der Waals surface area contributed by atoms with Crippen molar-refractivity contribution in [3.63, 3.8) is 0 Å². The van der Waals surface area contributed by atoms with Gasteiger partial charge in [0.2, 0.25) is 0 Å². The Morgan fingerprint density at radius 1 is 1.30 bits per heavy atom. The monoisotopic (exact) mass is 277 g/mol. The SMILES string of the molecule is CCCOc1cccc(CNC(=NC)NC(C)(C)C)c1. The van der Waals surface area contributed by atoms with Crippen LogP contribution < -0.4 is 15.4 Å². The summed E-state index contributed by atoms with van der Waals surface area (Å²) in [6.45, 7) is 9.91. The lowest BCUT2D eigenvalue weighted by molar-refractivity contribution is 0.317. The van der Waals surface area contributed by atoms with E-state index in [4.69, 9.17) is 4.74 Å². The number of aliphatic imine (C=N–C) groups is 1. The van der Waals surface area contributed by atoms with Gasteiger partial charge in [-0.15, -0.1) is 0 Å². The average Bonchev–Trinajstić information content (AvgIpc) is 2.40. The molecule has 1 rings (SSSR count). The average molecular weight is 277 g/mol. The highest BCUT2D eigenvalue weighted by Gasteiger charge is 2.11. The minimum absolute atomic E-state index is 0.00602. The van der Waals surface area contributed by atoms with Gasteiger partial charge in [0.1, 0.15) is 5.75 Å². The number of ether oxygens (including phenoxy) is 1. The molecule has 4 heteroatoms. The van der Waals surface area contributed by atoms with Crippen molar-refractivity contribution in [2.24, 2.45) is 4.99 Å². The van der Waals surface area contributed by atoms with Gasteiger partial charge in [-0.05, 0) is 44.9 Å². The Bertz CT molecular complexity index is 436. The van der Waals surface area contributed by atoms with E-state index in [9.17, 15) is 0 Å². The summed E-state index contributed by atoms with van der Waals surface area (Å²) in [6, 6.07) is 8.15. The maximum Gasteiger partial charge on any atom is 0.191 e. The molecule has 0 aliphatic heterocycles. The lowest BCUT2D eigenvalue weighted by atomic mass is 10.1. The molecule has 4 nitrogen and oxygen atoms in total. The van der Waals surface area contributed by atoms with Crippen molar-refractivity contribution in [3.8, 4) is 5.75 Å². The fourth-order valence-corrected chi connectivity index (χ4v) is 1.69. The first-order valence-corrected chi connectivity index (χ1v) is 7.15. The van der Waals surface area contributed by atoms with Crippen LogP contribution in [-0.4, -0.2) is 25.2 Å². The van der Waals surface area contributed by atoms with E-state index in [1.54, 1.807) is 7.05 Å². The zero-order valence-corrected chi connectivity index (χ0v) is 13.3. The summed E-state index contributed by atoms with van der Waals surface area (Å²) >= 11 is 0. The number of rotatable bonds is 5.